The first-order chi connectivity index (χ1) is 15.9. The van der Waals surface area contributed by atoms with Crippen LogP contribution in [0.3, 0.4) is 0 Å². The third-order valence-corrected chi connectivity index (χ3v) is 4.30. The highest BCUT2D eigenvalue weighted by Gasteiger charge is 2.13. The Hall–Kier alpha value is -4.24. The minimum absolute atomic E-state index is 0.309. The van der Waals surface area contributed by atoms with Crippen molar-refractivity contribution < 1.29 is 23.5 Å². The second kappa shape index (κ2) is 11.4. The maximum Gasteiger partial charge on any atom is 0.329 e. The fourth-order valence-corrected chi connectivity index (χ4v) is 2.75. The highest BCUT2D eigenvalue weighted by molar-refractivity contribution is 6.39. The summed E-state index contributed by atoms with van der Waals surface area (Å²) in [6, 6.07) is 18.3. The molecular weight excluding hydrogens is 451 g/mol. The zero-order valence-electron chi connectivity index (χ0n) is 17.0. The molecule has 3 aromatic carbocycles. The first-order valence-electron chi connectivity index (χ1n) is 9.58. The Balaban J connectivity index is 1.52. The van der Waals surface area contributed by atoms with Crippen molar-refractivity contribution in [1.29, 1.82) is 0 Å². The van der Waals surface area contributed by atoms with Gasteiger partial charge in [-0.1, -0.05) is 29.8 Å². The normalized spacial score (nSPS) is 10.5. The SMILES string of the molecule is O=C(COc1ccccc1/C=N\NC(=O)C(=O)Nc1cccc(Cl)c1)Nc1ccc(F)cc1. The van der Waals surface area contributed by atoms with Crippen LogP contribution in [0.4, 0.5) is 15.8 Å². The molecule has 0 saturated heterocycles. The second-order valence-electron chi connectivity index (χ2n) is 6.55. The van der Waals surface area contributed by atoms with Gasteiger partial charge in [0.15, 0.2) is 6.61 Å². The van der Waals surface area contributed by atoms with Crippen LogP contribution in [-0.4, -0.2) is 30.5 Å². The lowest BCUT2D eigenvalue weighted by Gasteiger charge is -2.09. The van der Waals surface area contributed by atoms with Gasteiger partial charge in [-0.25, -0.2) is 9.82 Å². The Kier molecular flexibility index (Phi) is 8.09. The minimum Gasteiger partial charge on any atom is -0.483 e. The van der Waals surface area contributed by atoms with Crippen LogP contribution >= 0.6 is 11.6 Å². The van der Waals surface area contributed by atoms with Crippen molar-refractivity contribution in [3.8, 4) is 5.75 Å². The molecular formula is C23H18ClFN4O4. The number of para-hydroxylation sites is 1. The first kappa shape index (κ1) is 23.4. The van der Waals surface area contributed by atoms with Crippen LogP contribution in [-0.2, 0) is 14.4 Å². The number of hydrogen-bond acceptors (Lipinski definition) is 5. The molecule has 0 spiro atoms. The molecule has 0 radical (unpaired) electrons. The number of anilines is 2. The average molecular weight is 469 g/mol. The van der Waals surface area contributed by atoms with E-state index in [2.05, 4.69) is 21.2 Å². The zero-order valence-corrected chi connectivity index (χ0v) is 17.8. The third-order valence-electron chi connectivity index (χ3n) is 4.06. The van der Waals surface area contributed by atoms with Gasteiger partial charge >= 0.3 is 11.8 Å². The van der Waals surface area contributed by atoms with E-state index in [0.717, 1.165) is 0 Å². The number of benzene rings is 3. The van der Waals surface area contributed by atoms with Gasteiger partial charge in [0.05, 0.1) is 6.21 Å². The van der Waals surface area contributed by atoms with E-state index in [0.29, 0.717) is 27.7 Å². The van der Waals surface area contributed by atoms with Gasteiger partial charge in [0.25, 0.3) is 5.91 Å². The average Bonchev–Trinajstić information content (AvgIpc) is 2.80. The molecule has 10 heteroatoms. The quantitative estimate of drug-likeness (QED) is 0.280. The summed E-state index contributed by atoms with van der Waals surface area (Å²) in [5.41, 5.74) is 3.37. The Labute approximate surface area is 193 Å². The molecule has 0 unspecified atom stereocenters. The van der Waals surface area contributed by atoms with E-state index in [1.54, 1.807) is 42.5 Å². The van der Waals surface area contributed by atoms with Gasteiger partial charge < -0.3 is 15.4 Å². The smallest absolute Gasteiger partial charge is 0.329 e. The number of hydrazone groups is 1. The highest BCUT2D eigenvalue weighted by Crippen LogP contribution is 2.16. The highest BCUT2D eigenvalue weighted by atomic mass is 35.5. The summed E-state index contributed by atoms with van der Waals surface area (Å²) < 4.78 is 18.5. The van der Waals surface area contributed by atoms with Gasteiger partial charge in [0.1, 0.15) is 11.6 Å². The molecule has 0 aromatic heterocycles. The summed E-state index contributed by atoms with van der Waals surface area (Å²) in [5, 5.41) is 9.15. The van der Waals surface area contributed by atoms with E-state index in [1.807, 2.05) is 0 Å². The van der Waals surface area contributed by atoms with E-state index in [4.69, 9.17) is 16.3 Å². The number of ether oxygens (including phenoxy) is 1. The molecule has 33 heavy (non-hydrogen) atoms. The zero-order chi connectivity index (χ0) is 23.6. The molecule has 3 N–H and O–H groups in total. The molecule has 0 aliphatic carbocycles. The van der Waals surface area contributed by atoms with Crippen LogP contribution in [0.25, 0.3) is 0 Å². The Morgan fingerprint density at radius 1 is 0.909 bits per heavy atom. The summed E-state index contributed by atoms with van der Waals surface area (Å²) in [6.07, 6.45) is 1.28. The van der Waals surface area contributed by atoms with E-state index >= 15 is 0 Å². The Morgan fingerprint density at radius 3 is 2.42 bits per heavy atom. The fraction of sp³-hybridized carbons (Fsp3) is 0.0435. The lowest BCUT2D eigenvalue weighted by Crippen LogP contribution is -2.32. The number of amides is 3. The monoisotopic (exact) mass is 468 g/mol. The predicted molar refractivity (Wildman–Crippen MR) is 123 cm³/mol. The molecule has 0 heterocycles. The van der Waals surface area contributed by atoms with Crippen LogP contribution in [0.15, 0.2) is 77.9 Å². The Morgan fingerprint density at radius 2 is 1.67 bits per heavy atom. The first-order valence-corrected chi connectivity index (χ1v) is 9.96. The number of carbonyl (C=O) groups is 3. The number of nitrogens with zero attached hydrogens (tertiary/aromatic N) is 1. The summed E-state index contributed by atoms with van der Waals surface area (Å²) in [6.45, 7) is -0.309. The van der Waals surface area contributed by atoms with Crippen LogP contribution < -0.4 is 20.8 Å². The van der Waals surface area contributed by atoms with Crippen LogP contribution in [0.2, 0.25) is 5.02 Å². The van der Waals surface area contributed by atoms with Gasteiger partial charge in [-0.05, 0) is 54.6 Å². The standard InChI is InChI=1S/C23H18ClFN4O4/c24-16-5-3-6-19(12-16)28-22(31)23(32)29-26-13-15-4-1-2-7-20(15)33-14-21(30)27-18-10-8-17(25)9-11-18/h1-13H,14H2,(H,27,30)(H,28,31)(H,29,32)/b26-13-. The third kappa shape index (κ3) is 7.44. The molecule has 8 nitrogen and oxygen atoms in total. The summed E-state index contributed by atoms with van der Waals surface area (Å²) in [7, 11) is 0. The molecule has 0 fully saturated rings. The topological polar surface area (TPSA) is 109 Å². The number of halogens is 2. The molecule has 3 aromatic rings. The van der Waals surface area contributed by atoms with Crippen molar-refractivity contribution in [2.45, 2.75) is 0 Å². The van der Waals surface area contributed by atoms with Crippen LogP contribution in [0, 0.1) is 5.82 Å². The van der Waals surface area contributed by atoms with Crippen LogP contribution in [0.5, 0.6) is 5.75 Å². The number of nitrogens with one attached hydrogen (secondary N) is 3. The van der Waals surface area contributed by atoms with Gasteiger partial charge in [-0.2, -0.15) is 5.10 Å². The number of rotatable bonds is 7. The van der Waals surface area contributed by atoms with Crippen molar-refractivity contribution in [2.24, 2.45) is 5.10 Å². The molecule has 0 atom stereocenters. The van der Waals surface area contributed by atoms with Crippen molar-refractivity contribution in [3.05, 3.63) is 89.2 Å². The van der Waals surface area contributed by atoms with Crippen LogP contribution in [0.1, 0.15) is 5.56 Å². The summed E-state index contributed by atoms with van der Waals surface area (Å²) >= 11 is 5.84. The van der Waals surface area contributed by atoms with Crippen molar-refractivity contribution in [2.75, 3.05) is 17.2 Å². The van der Waals surface area contributed by atoms with Gasteiger partial charge in [0.2, 0.25) is 0 Å². The van der Waals surface area contributed by atoms with E-state index in [-0.39, 0.29) is 6.61 Å². The second-order valence-corrected chi connectivity index (χ2v) is 6.98. The minimum atomic E-state index is -0.983. The van der Waals surface area contributed by atoms with E-state index in [1.165, 1.54) is 36.5 Å². The predicted octanol–water partition coefficient (Wildman–Crippen LogP) is 3.59. The fourth-order valence-electron chi connectivity index (χ4n) is 2.56. The Bertz CT molecular complexity index is 1190. The molecule has 0 aliphatic heterocycles. The van der Waals surface area contributed by atoms with Gasteiger partial charge in [-0.3, -0.25) is 14.4 Å². The van der Waals surface area contributed by atoms with E-state index < -0.39 is 23.5 Å². The lowest BCUT2D eigenvalue weighted by molar-refractivity contribution is -0.136. The lowest BCUT2D eigenvalue weighted by atomic mass is 10.2. The number of carbonyl (C=O) groups excluding carboxylic acids is 3. The van der Waals surface area contributed by atoms with Crippen molar-refractivity contribution >= 4 is 46.9 Å². The van der Waals surface area contributed by atoms with Crippen molar-refractivity contribution in [3.63, 3.8) is 0 Å². The largest absolute Gasteiger partial charge is 0.483 e. The number of hydrogen-bond donors (Lipinski definition) is 3. The maximum atomic E-state index is 12.9. The summed E-state index contributed by atoms with van der Waals surface area (Å²) in [4.78, 5) is 35.9. The molecule has 168 valence electrons. The molecule has 0 bridgehead atoms. The van der Waals surface area contributed by atoms with Crippen molar-refractivity contribution in [1.82, 2.24) is 5.43 Å². The summed E-state index contributed by atoms with van der Waals surface area (Å²) in [5.74, 6) is -2.43. The maximum absolute atomic E-state index is 12.9. The molecule has 3 rings (SSSR count). The van der Waals surface area contributed by atoms with Gasteiger partial charge in [0, 0.05) is 22.0 Å². The molecule has 0 aliphatic rings. The van der Waals surface area contributed by atoms with Gasteiger partial charge in [-0.15, -0.1) is 0 Å². The van der Waals surface area contributed by atoms with E-state index in [9.17, 15) is 18.8 Å². The molecule has 0 saturated carbocycles. The molecule has 3 amide bonds.